The minimum atomic E-state index is -0.869. The molecule has 0 spiro atoms. The molecular weight excluding hydrogens is 187 g/mol. The number of nitriles is 1. The summed E-state index contributed by atoms with van der Waals surface area (Å²) in [6.45, 7) is 0. The highest BCUT2D eigenvalue weighted by Gasteiger charge is 2.16. The van der Waals surface area contributed by atoms with Crippen molar-refractivity contribution in [3.05, 3.63) is 29.1 Å². The molecule has 0 saturated heterocycles. The van der Waals surface area contributed by atoms with Crippen molar-refractivity contribution in [3.63, 3.8) is 0 Å². The molecule has 0 aliphatic heterocycles. The number of methoxy groups -OCH3 is 1. The maximum atomic E-state index is 13.3. The molecule has 0 heterocycles. The maximum absolute atomic E-state index is 13.3. The van der Waals surface area contributed by atoms with E-state index >= 15 is 0 Å². The number of nitrogens with two attached hydrogens (primary N) is 1. The van der Waals surface area contributed by atoms with E-state index in [4.69, 9.17) is 11.0 Å². The van der Waals surface area contributed by atoms with Gasteiger partial charge in [0.1, 0.15) is 11.6 Å². The Kier molecular flexibility index (Phi) is 2.67. The number of hydrogen-bond acceptors (Lipinski definition) is 3. The Hall–Kier alpha value is -2.09. The summed E-state index contributed by atoms with van der Waals surface area (Å²) in [4.78, 5) is 10.8. The van der Waals surface area contributed by atoms with E-state index in [1.807, 2.05) is 0 Å². The van der Waals surface area contributed by atoms with Gasteiger partial charge in [-0.2, -0.15) is 5.26 Å². The van der Waals surface area contributed by atoms with Gasteiger partial charge in [-0.25, -0.2) is 4.39 Å². The maximum Gasteiger partial charge on any atom is 0.250 e. The summed E-state index contributed by atoms with van der Waals surface area (Å²) in [5.74, 6) is -1.80. The van der Waals surface area contributed by atoms with Gasteiger partial charge in [-0.15, -0.1) is 0 Å². The number of rotatable bonds is 2. The van der Waals surface area contributed by atoms with E-state index < -0.39 is 17.3 Å². The quantitative estimate of drug-likeness (QED) is 0.756. The number of ether oxygens (including phenoxy) is 1. The van der Waals surface area contributed by atoms with Gasteiger partial charge in [0.25, 0.3) is 0 Å². The number of hydrogen-bond donors (Lipinski definition) is 1. The molecule has 0 atom stereocenters. The van der Waals surface area contributed by atoms with Gasteiger partial charge in [0.2, 0.25) is 5.91 Å². The van der Waals surface area contributed by atoms with Crippen LogP contribution in [0.3, 0.4) is 0 Å². The van der Waals surface area contributed by atoms with Crippen molar-refractivity contribution >= 4 is 5.91 Å². The van der Waals surface area contributed by atoms with Gasteiger partial charge in [0, 0.05) is 0 Å². The number of primary amides is 1. The molecule has 72 valence electrons. The first-order chi connectivity index (χ1) is 6.61. The van der Waals surface area contributed by atoms with Crippen molar-refractivity contribution in [2.75, 3.05) is 7.11 Å². The fraction of sp³-hybridized carbons (Fsp3) is 0.111. The zero-order chi connectivity index (χ0) is 10.7. The first-order valence-corrected chi connectivity index (χ1v) is 3.68. The SMILES string of the molecule is COc1ccc(C(N)=O)c(C#N)c1F. The molecule has 0 unspecified atom stereocenters. The van der Waals surface area contributed by atoms with Crippen LogP contribution >= 0.6 is 0 Å². The van der Waals surface area contributed by atoms with Crippen LogP contribution in [0, 0.1) is 17.1 Å². The molecule has 1 amide bonds. The second kappa shape index (κ2) is 3.75. The van der Waals surface area contributed by atoms with Gasteiger partial charge < -0.3 is 10.5 Å². The molecule has 0 aromatic heterocycles. The predicted molar refractivity (Wildman–Crippen MR) is 46.2 cm³/mol. The third-order valence-electron chi connectivity index (χ3n) is 1.70. The van der Waals surface area contributed by atoms with Crippen LogP contribution in [-0.4, -0.2) is 13.0 Å². The summed E-state index contributed by atoms with van der Waals surface area (Å²) in [7, 11) is 1.27. The van der Waals surface area contributed by atoms with Gasteiger partial charge in [0.05, 0.1) is 12.7 Å². The first-order valence-electron chi connectivity index (χ1n) is 3.68. The molecule has 0 aliphatic carbocycles. The zero-order valence-corrected chi connectivity index (χ0v) is 7.37. The van der Waals surface area contributed by atoms with Gasteiger partial charge in [-0.1, -0.05) is 0 Å². The molecular formula is C9H7FN2O2. The van der Waals surface area contributed by atoms with Crippen molar-refractivity contribution in [3.8, 4) is 11.8 Å². The van der Waals surface area contributed by atoms with Crippen LogP contribution in [0.2, 0.25) is 0 Å². The Morgan fingerprint density at radius 3 is 2.71 bits per heavy atom. The van der Waals surface area contributed by atoms with Gasteiger partial charge in [-0.05, 0) is 12.1 Å². The third-order valence-corrected chi connectivity index (χ3v) is 1.70. The number of carbonyl (C=O) groups excluding carboxylic acids is 1. The molecule has 1 rings (SSSR count). The Bertz CT molecular complexity index is 424. The molecule has 1 aromatic rings. The molecule has 14 heavy (non-hydrogen) atoms. The van der Waals surface area contributed by atoms with E-state index in [2.05, 4.69) is 4.74 Å². The molecule has 4 nitrogen and oxygen atoms in total. The van der Waals surface area contributed by atoms with E-state index in [9.17, 15) is 9.18 Å². The van der Waals surface area contributed by atoms with Crippen molar-refractivity contribution in [1.82, 2.24) is 0 Å². The fourth-order valence-corrected chi connectivity index (χ4v) is 1.03. The van der Waals surface area contributed by atoms with E-state index in [0.29, 0.717) is 0 Å². The molecule has 0 saturated carbocycles. The summed E-state index contributed by atoms with van der Waals surface area (Å²) >= 11 is 0. The molecule has 0 aliphatic rings. The number of nitrogens with zero attached hydrogens (tertiary/aromatic N) is 1. The predicted octanol–water partition coefficient (Wildman–Crippen LogP) is 0.805. The zero-order valence-electron chi connectivity index (χ0n) is 7.37. The summed E-state index contributed by atoms with van der Waals surface area (Å²) < 4.78 is 18.0. The smallest absolute Gasteiger partial charge is 0.250 e. The second-order valence-electron chi connectivity index (χ2n) is 2.48. The standard InChI is InChI=1S/C9H7FN2O2/c1-14-7-3-2-5(9(12)13)6(4-11)8(7)10/h2-3H,1H3,(H2,12,13). The molecule has 2 N–H and O–H groups in total. The first kappa shape index (κ1) is 9.99. The van der Waals surface area contributed by atoms with Crippen molar-refractivity contribution in [2.24, 2.45) is 5.73 Å². The lowest BCUT2D eigenvalue weighted by Gasteiger charge is -2.05. The third kappa shape index (κ3) is 1.50. The van der Waals surface area contributed by atoms with Crippen molar-refractivity contribution in [1.29, 1.82) is 5.26 Å². The average molecular weight is 194 g/mol. The van der Waals surface area contributed by atoms with Crippen LogP contribution < -0.4 is 10.5 Å². The molecule has 5 heteroatoms. The number of amides is 1. The number of benzene rings is 1. The number of halogens is 1. The minimum absolute atomic E-state index is 0.0912. The summed E-state index contributed by atoms with van der Waals surface area (Å²) in [6, 6.07) is 4.06. The lowest BCUT2D eigenvalue weighted by molar-refractivity contribution is 0.0999. The molecule has 0 fully saturated rings. The minimum Gasteiger partial charge on any atom is -0.494 e. The average Bonchev–Trinajstić information content (AvgIpc) is 2.17. The second-order valence-corrected chi connectivity index (χ2v) is 2.48. The topological polar surface area (TPSA) is 76.1 Å². The van der Waals surface area contributed by atoms with Crippen LogP contribution in [-0.2, 0) is 0 Å². The van der Waals surface area contributed by atoms with Crippen LogP contribution in [0.1, 0.15) is 15.9 Å². The van der Waals surface area contributed by atoms with Crippen molar-refractivity contribution < 1.29 is 13.9 Å². The Morgan fingerprint density at radius 2 is 2.29 bits per heavy atom. The highest BCUT2D eigenvalue weighted by atomic mass is 19.1. The van der Waals surface area contributed by atoms with E-state index in [-0.39, 0.29) is 11.3 Å². The Labute approximate surface area is 79.7 Å². The number of carbonyl (C=O) groups is 1. The van der Waals surface area contributed by atoms with Gasteiger partial charge in [-0.3, -0.25) is 4.79 Å². The monoisotopic (exact) mass is 194 g/mol. The van der Waals surface area contributed by atoms with Crippen molar-refractivity contribution in [2.45, 2.75) is 0 Å². The van der Waals surface area contributed by atoms with Crippen LogP contribution in [0.15, 0.2) is 12.1 Å². The summed E-state index contributed by atoms with van der Waals surface area (Å²) in [6.07, 6.45) is 0. The van der Waals surface area contributed by atoms with E-state index in [1.165, 1.54) is 19.2 Å². The van der Waals surface area contributed by atoms with E-state index in [1.54, 1.807) is 6.07 Å². The van der Waals surface area contributed by atoms with Gasteiger partial charge in [0.15, 0.2) is 11.6 Å². The normalized spacial score (nSPS) is 9.21. The lowest BCUT2D eigenvalue weighted by atomic mass is 10.1. The highest BCUT2D eigenvalue weighted by Crippen LogP contribution is 2.22. The van der Waals surface area contributed by atoms with Crippen LogP contribution in [0.5, 0.6) is 5.75 Å². The van der Waals surface area contributed by atoms with Gasteiger partial charge >= 0.3 is 0 Å². The Morgan fingerprint density at radius 1 is 1.64 bits per heavy atom. The lowest BCUT2D eigenvalue weighted by Crippen LogP contribution is -2.14. The Balaban J connectivity index is 3.45. The van der Waals surface area contributed by atoms with Crippen LogP contribution in [0.25, 0.3) is 0 Å². The molecule has 0 bridgehead atoms. The largest absolute Gasteiger partial charge is 0.494 e. The highest BCUT2D eigenvalue weighted by molar-refractivity contribution is 5.95. The summed E-state index contributed by atoms with van der Waals surface area (Å²) in [5, 5.41) is 8.61. The van der Waals surface area contributed by atoms with Crippen LogP contribution in [0.4, 0.5) is 4.39 Å². The summed E-state index contributed by atoms with van der Waals surface area (Å²) in [5.41, 5.74) is 4.41. The molecule has 1 aromatic carbocycles. The fourth-order valence-electron chi connectivity index (χ4n) is 1.03. The molecule has 0 radical (unpaired) electrons. The van der Waals surface area contributed by atoms with E-state index in [0.717, 1.165) is 0 Å².